The SMILES string of the molecule is Cc1ccc(NC(=O)C(C#N)=Cc2ccccc2OCC(=O)Nc2ccc(F)cc2)cc1. The number of aryl methyl sites for hydroxylation is 1. The van der Waals surface area contributed by atoms with Crippen LogP contribution in [0.2, 0.25) is 0 Å². The average Bonchev–Trinajstić information content (AvgIpc) is 2.79. The largest absolute Gasteiger partial charge is 0.483 e. The van der Waals surface area contributed by atoms with Crippen molar-refractivity contribution in [1.29, 1.82) is 5.26 Å². The Morgan fingerprint density at radius 1 is 0.969 bits per heavy atom. The molecule has 0 fully saturated rings. The maximum absolute atomic E-state index is 13.0. The van der Waals surface area contributed by atoms with E-state index >= 15 is 0 Å². The van der Waals surface area contributed by atoms with Gasteiger partial charge >= 0.3 is 0 Å². The highest BCUT2D eigenvalue weighted by Gasteiger charge is 2.12. The second-order valence-electron chi connectivity index (χ2n) is 6.87. The molecule has 2 N–H and O–H groups in total. The summed E-state index contributed by atoms with van der Waals surface area (Å²) < 4.78 is 18.6. The van der Waals surface area contributed by atoms with E-state index in [1.54, 1.807) is 36.4 Å². The number of para-hydroxylation sites is 1. The summed E-state index contributed by atoms with van der Waals surface area (Å²) in [6, 6.07) is 21.2. The van der Waals surface area contributed by atoms with Crippen LogP contribution in [-0.2, 0) is 9.59 Å². The third-order valence-electron chi connectivity index (χ3n) is 4.38. The molecule has 0 saturated heterocycles. The molecule has 0 aromatic heterocycles. The van der Waals surface area contributed by atoms with Crippen molar-refractivity contribution in [3.05, 3.63) is 95.3 Å². The summed E-state index contributed by atoms with van der Waals surface area (Å²) in [7, 11) is 0. The fourth-order valence-corrected chi connectivity index (χ4v) is 2.74. The summed E-state index contributed by atoms with van der Waals surface area (Å²) in [4.78, 5) is 24.6. The smallest absolute Gasteiger partial charge is 0.266 e. The minimum absolute atomic E-state index is 0.114. The molecule has 0 saturated carbocycles. The Balaban J connectivity index is 1.68. The molecule has 0 aliphatic heterocycles. The molecule has 0 spiro atoms. The number of ether oxygens (including phenoxy) is 1. The number of rotatable bonds is 7. The van der Waals surface area contributed by atoms with E-state index in [-0.39, 0.29) is 12.2 Å². The van der Waals surface area contributed by atoms with E-state index in [1.807, 2.05) is 25.1 Å². The number of halogens is 1. The molecular formula is C25H20FN3O3. The second-order valence-corrected chi connectivity index (χ2v) is 6.87. The van der Waals surface area contributed by atoms with Gasteiger partial charge in [-0.15, -0.1) is 0 Å². The number of carbonyl (C=O) groups excluding carboxylic acids is 2. The van der Waals surface area contributed by atoms with Gasteiger partial charge in [-0.05, 0) is 55.5 Å². The molecule has 0 heterocycles. The van der Waals surface area contributed by atoms with Crippen molar-refractivity contribution in [3.63, 3.8) is 0 Å². The Labute approximate surface area is 185 Å². The van der Waals surface area contributed by atoms with Gasteiger partial charge in [0, 0.05) is 16.9 Å². The maximum atomic E-state index is 13.0. The molecule has 0 radical (unpaired) electrons. The van der Waals surface area contributed by atoms with Crippen LogP contribution in [0, 0.1) is 24.1 Å². The number of nitriles is 1. The van der Waals surface area contributed by atoms with Crippen LogP contribution < -0.4 is 15.4 Å². The van der Waals surface area contributed by atoms with Gasteiger partial charge in [0.05, 0.1) is 0 Å². The molecule has 0 aliphatic rings. The summed E-state index contributed by atoms with van der Waals surface area (Å²) in [5.74, 6) is -1.06. The summed E-state index contributed by atoms with van der Waals surface area (Å²) in [5.41, 5.74) is 2.42. The molecule has 3 aromatic rings. The van der Waals surface area contributed by atoms with Crippen LogP contribution >= 0.6 is 0 Å². The summed E-state index contributed by atoms with van der Waals surface area (Å²) in [6.07, 6.45) is 1.40. The zero-order valence-electron chi connectivity index (χ0n) is 17.3. The molecule has 2 amide bonds. The van der Waals surface area contributed by atoms with E-state index in [0.717, 1.165) is 5.56 Å². The van der Waals surface area contributed by atoms with Gasteiger partial charge in [0.1, 0.15) is 23.2 Å². The van der Waals surface area contributed by atoms with Crippen LogP contribution in [0.1, 0.15) is 11.1 Å². The molecule has 0 aliphatic carbocycles. The van der Waals surface area contributed by atoms with Gasteiger partial charge in [-0.2, -0.15) is 5.26 Å². The van der Waals surface area contributed by atoms with E-state index < -0.39 is 17.6 Å². The molecule has 7 heteroatoms. The lowest BCUT2D eigenvalue weighted by Crippen LogP contribution is -2.20. The van der Waals surface area contributed by atoms with E-state index in [4.69, 9.17) is 4.74 Å². The zero-order chi connectivity index (χ0) is 22.9. The van der Waals surface area contributed by atoms with Crippen molar-refractivity contribution in [2.24, 2.45) is 0 Å². The Morgan fingerprint density at radius 2 is 1.59 bits per heavy atom. The summed E-state index contributed by atoms with van der Waals surface area (Å²) in [6.45, 7) is 1.63. The van der Waals surface area contributed by atoms with Crippen LogP contribution in [0.5, 0.6) is 5.75 Å². The fourth-order valence-electron chi connectivity index (χ4n) is 2.74. The first-order chi connectivity index (χ1) is 15.4. The normalized spacial score (nSPS) is 10.7. The minimum Gasteiger partial charge on any atom is -0.483 e. The monoisotopic (exact) mass is 429 g/mol. The Kier molecular flexibility index (Phi) is 7.33. The fraction of sp³-hybridized carbons (Fsp3) is 0.0800. The lowest BCUT2D eigenvalue weighted by atomic mass is 10.1. The molecule has 0 bridgehead atoms. The van der Waals surface area contributed by atoms with Gasteiger partial charge in [-0.1, -0.05) is 35.9 Å². The molecule has 3 rings (SSSR count). The first-order valence-electron chi connectivity index (χ1n) is 9.71. The zero-order valence-corrected chi connectivity index (χ0v) is 17.3. The van der Waals surface area contributed by atoms with Crippen molar-refractivity contribution in [2.75, 3.05) is 17.2 Å². The van der Waals surface area contributed by atoms with Crippen molar-refractivity contribution < 1.29 is 18.7 Å². The van der Waals surface area contributed by atoms with E-state index in [2.05, 4.69) is 10.6 Å². The Hall–Kier alpha value is -4.44. The number of anilines is 2. The average molecular weight is 429 g/mol. The summed E-state index contributed by atoms with van der Waals surface area (Å²) in [5, 5.41) is 14.7. The van der Waals surface area contributed by atoms with Gasteiger partial charge in [0.15, 0.2) is 6.61 Å². The van der Waals surface area contributed by atoms with E-state index in [1.165, 1.54) is 30.3 Å². The third-order valence-corrected chi connectivity index (χ3v) is 4.38. The number of hydrogen-bond acceptors (Lipinski definition) is 4. The predicted molar refractivity (Wildman–Crippen MR) is 120 cm³/mol. The van der Waals surface area contributed by atoms with Crippen LogP contribution in [-0.4, -0.2) is 18.4 Å². The second kappa shape index (κ2) is 10.5. The molecule has 0 atom stereocenters. The number of nitrogens with one attached hydrogen (secondary N) is 2. The van der Waals surface area contributed by atoms with Crippen LogP contribution in [0.25, 0.3) is 6.08 Å². The van der Waals surface area contributed by atoms with E-state index in [0.29, 0.717) is 22.7 Å². The van der Waals surface area contributed by atoms with Gasteiger partial charge < -0.3 is 15.4 Å². The van der Waals surface area contributed by atoms with Gasteiger partial charge in [-0.25, -0.2) is 4.39 Å². The van der Waals surface area contributed by atoms with Crippen molar-refractivity contribution in [3.8, 4) is 11.8 Å². The van der Waals surface area contributed by atoms with Crippen molar-refractivity contribution in [1.82, 2.24) is 0 Å². The molecule has 32 heavy (non-hydrogen) atoms. The van der Waals surface area contributed by atoms with E-state index in [9.17, 15) is 19.2 Å². The van der Waals surface area contributed by atoms with Crippen LogP contribution in [0.3, 0.4) is 0 Å². The highest BCUT2D eigenvalue weighted by atomic mass is 19.1. The molecular weight excluding hydrogens is 409 g/mol. The Morgan fingerprint density at radius 3 is 2.28 bits per heavy atom. The molecule has 0 unspecified atom stereocenters. The van der Waals surface area contributed by atoms with Crippen molar-refractivity contribution in [2.45, 2.75) is 6.92 Å². The first-order valence-corrected chi connectivity index (χ1v) is 9.71. The molecule has 160 valence electrons. The van der Waals surface area contributed by atoms with Crippen LogP contribution in [0.4, 0.5) is 15.8 Å². The number of hydrogen-bond donors (Lipinski definition) is 2. The third kappa shape index (κ3) is 6.28. The predicted octanol–water partition coefficient (Wildman–Crippen LogP) is 4.70. The molecule has 6 nitrogen and oxygen atoms in total. The first kappa shape index (κ1) is 22.2. The summed E-state index contributed by atoms with van der Waals surface area (Å²) >= 11 is 0. The maximum Gasteiger partial charge on any atom is 0.266 e. The highest BCUT2D eigenvalue weighted by Crippen LogP contribution is 2.22. The van der Waals surface area contributed by atoms with Crippen molar-refractivity contribution >= 4 is 29.3 Å². The number of amides is 2. The lowest BCUT2D eigenvalue weighted by Gasteiger charge is -2.10. The number of benzene rings is 3. The topological polar surface area (TPSA) is 91.2 Å². The Bertz CT molecular complexity index is 1180. The lowest BCUT2D eigenvalue weighted by molar-refractivity contribution is -0.118. The standard InChI is InChI=1S/C25H20FN3O3/c1-17-6-10-22(11-7-17)29-25(31)19(15-27)14-18-4-2-3-5-23(18)32-16-24(30)28-21-12-8-20(26)9-13-21/h2-14H,16H2,1H3,(H,28,30)(H,29,31). The van der Waals surface area contributed by atoms with Gasteiger partial charge in [0.2, 0.25) is 0 Å². The highest BCUT2D eigenvalue weighted by molar-refractivity contribution is 6.09. The number of carbonyl (C=O) groups is 2. The quantitative estimate of drug-likeness (QED) is 0.421. The minimum atomic E-state index is -0.555. The molecule has 3 aromatic carbocycles. The number of nitrogens with zero attached hydrogens (tertiary/aromatic N) is 1. The van der Waals surface area contributed by atoms with Gasteiger partial charge in [0.25, 0.3) is 11.8 Å². The van der Waals surface area contributed by atoms with Crippen LogP contribution in [0.15, 0.2) is 78.4 Å². The van der Waals surface area contributed by atoms with Gasteiger partial charge in [-0.3, -0.25) is 9.59 Å².